The molecular formula is C15H24FN. The summed E-state index contributed by atoms with van der Waals surface area (Å²) in [5, 5.41) is 0. The molecule has 1 saturated heterocycles. The molecule has 0 saturated carbocycles. The number of allylic oxidation sites excluding steroid dienone is 5. The van der Waals surface area contributed by atoms with Crippen LogP contribution in [-0.4, -0.2) is 18.0 Å². The van der Waals surface area contributed by atoms with Gasteiger partial charge in [-0.2, -0.15) is 0 Å². The second-order valence-electron chi connectivity index (χ2n) is 4.75. The molecule has 0 unspecified atom stereocenters. The van der Waals surface area contributed by atoms with E-state index in [1.165, 1.54) is 25.0 Å². The van der Waals surface area contributed by atoms with Gasteiger partial charge in [-0.1, -0.05) is 13.5 Å². The van der Waals surface area contributed by atoms with Crippen molar-refractivity contribution in [1.82, 2.24) is 4.90 Å². The van der Waals surface area contributed by atoms with Crippen molar-refractivity contribution in [1.29, 1.82) is 0 Å². The van der Waals surface area contributed by atoms with Crippen LogP contribution in [0.4, 0.5) is 4.39 Å². The molecule has 1 rings (SSSR count). The lowest BCUT2D eigenvalue weighted by atomic mass is 10.1. The molecule has 0 bridgehead atoms. The number of piperidine rings is 1. The van der Waals surface area contributed by atoms with Gasteiger partial charge in [0.25, 0.3) is 0 Å². The molecular weight excluding hydrogens is 213 g/mol. The van der Waals surface area contributed by atoms with Gasteiger partial charge in [0, 0.05) is 18.8 Å². The zero-order chi connectivity index (χ0) is 12.8. The van der Waals surface area contributed by atoms with Gasteiger partial charge >= 0.3 is 0 Å². The molecule has 1 nitrogen and oxygen atoms in total. The molecule has 0 aromatic rings. The summed E-state index contributed by atoms with van der Waals surface area (Å²) in [6.07, 6.45) is 7.00. The van der Waals surface area contributed by atoms with Crippen LogP contribution in [0.3, 0.4) is 0 Å². The monoisotopic (exact) mass is 237 g/mol. The zero-order valence-electron chi connectivity index (χ0n) is 11.4. The highest BCUT2D eigenvalue weighted by Gasteiger charge is 2.12. The van der Waals surface area contributed by atoms with Crippen molar-refractivity contribution in [3.05, 3.63) is 35.3 Å². The highest BCUT2D eigenvalue weighted by atomic mass is 19.1. The van der Waals surface area contributed by atoms with Crippen LogP contribution in [-0.2, 0) is 0 Å². The van der Waals surface area contributed by atoms with E-state index in [1.807, 2.05) is 6.92 Å². The predicted octanol–water partition coefficient (Wildman–Crippen LogP) is 4.59. The molecule has 96 valence electrons. The summed E-state index contributed by atoms with van der Waals surface area (Å²) < 4.78 is 13.0. The van der Waals surface area contributed by atoms with Gasteiger partial charge in [-0.15, -0.1) is 0 Å². The molecule has 2 heteroatoms. The lowest BCUT2D eigenvalue weighted by Gasteiger charge is -2.31. The highest BCUT2D eigenvalue weighted by molar-refractivity contribution is 5.34. The fraction of sp³-hybridized carbons (Fsp3) is 0.600. The van der Waals surface area contributed by atoms with Crippen molar-refractivity contribution in [2.45, 2.75) is 46.5 Å². The van der Waals surface area contributed by atoms with Gasteiger partial charge in [0.15, 0.2) is 0 Å². The first-order valence-electron chi connectivity index (χ1n) is 6.54. The normalized spacial score (nSPS) is 19.1. The van der Waals surface area contributed by atoms with Crippen molar-refractivity contribution < 1.29 is 4.39 Å². The maximum Gasteiger partial charge on any atom is 0.119 e. The summed E-state index contributed by atoms with van der Waals surface area (Å²) in [4.78, 5) is 2.43. The summed E-state index contributed by atoms with van der Waals surface area (Å²) in [7, 11) is 0. The molecule has 1 aliphatic heterocycles. The van der Waals surface area contributed by atoms with E-state index in [9.17, 15) is 4.39 Å². The molecule has 1 aliphatic rings. The minimum Gasteiger partial charge on any atom is -0.375 e. The molecule has 0 N–H and O–H groups in total. The van der Waals surface area contributed by atoms with Gasteiger partial charge in [-0.25, -0.2) is 4.39 Å². The van der Waals surface area contributed by atoms with Crippen LogP contribution in [0.1, 0.15) is 46.5 Å². The van der Waals surface area contributed by atoms with E-state index in [0.29, 0.717) is 5.57 Å². The molecule has 17 heavy (non-hydrogen) atoms. The maximum atomic E-state index is 13.0. The Hall–Kier alpha value is -1.05. The zero-order valence-corrected chi connectivity index (χ0v) is 11.4. The number of rotatable bonds is 4. The summed E-state index contributed by atoms with van der Waals surface area (Å²) in [5.41, 5.74) is 2.97. The maximum absolute atomic E-state index is 13.0. The number of hydrogen-bond donors (Lipinski definition) is 0. The SMILES string of the molecule is C=C(F)/C(C)=C(C)\C=C(/CC)N1CCCCC1. The second-order valence-corrected chi connectivity index (χ2v) is 4.75. The molecule has 0 atom stereocenters. The van der Waals surface area contributed by atoms with Crippen molar-refractivity contribution in [2.75, 3.05) is 13.1 Å². The van der Waals surface area contributed by atoms with E-state index in [1.54, 1.807) is 6.92 Å². The Morgan fingerprint density at radius 2 is 1.82 bits per heavy atom. The molecule has 0 spiro atoms. The molecule has 0 amide bonds. The van der Waals surface area contributed by atoms with Gasteiger partial charge in [0.1, 0.15) is 5.83 Å². The molecule has 0 aliphatic carbocycles. The van der Waals surface area contributed by atoms with Crippen molar-refractivity contribution >= 4 is 0 Å². The summed E-state index contributed by atoms with van der Waals surface area (Å²) in [5.74, 6) is -0.326. The Balaban J connectivity index is 2.85. The number of nitrogens with zero attached hydrogens (tertiary/aromatic N) is 1. The number of likely N-dealkylation sites (tertiary alicyclic amines) is 1. The van der Waals surface area contributed by atoms with E-state index in [0.717, 1.165) is 25.1 Å². The van der Waals surface area contributed by atoms with E-state index in [4.69, 9.17) is 0 Å². The molecule has 1 heterocycles. The Morgan fingerprint density at radius 1 is 1.24 bits per heavy atom. The highest BCUT2D eigenvalue weighted by Crippen LogP contribution is 2.21. The molecule has 0 radical (unpaired) electrons. The van der Waals surface area contributed by atoms with Crippen molar-refractivity contribution in [2.24, 2.45) is 0 Å². The van der Waals surface area contributed by atoms with E-state index in [2.05, 4.69) is 24.5 Å². The molecule has 0 aromatic heterocycles. The van der Waals surface area contributed by atoms with Crippen LogP contribution in [0.15, 0.2) is 35.3 Å². The minimum atomic E-state index is -0.326. The van der Waals surface area contributed by atoms with Crippen LogP contribution >= 0.6 is 0 Å². The lowest BCUT2D eigenvalue weighted by molar-refractivity contribution is 0.278. The topological polar surface area (TPSA) is 3.24 Å². The minimum absolute atomic E-state index is 0.326. The first-order valence-corrected chi connectivity index (χ1v) is 6.54. The second kappa shape index (κ2) is 6.63. The van der Waals surface area contributed by atoms with Crippen molar-refractivity contribution in [3.63, 3.8) is 0 Å². The predicted molar refractivity (Wildman–Crippen MR) is 72.4 cm³/mol. The van der Waals surface area contributed by atoms with Crippen LogP contribution < -0.4 is 0 Å². The quantitative estimate of drug-likeness (QED) is 0.647. The van der Waals surface area contributed by atoms with Gasteiger partial charge in [0.05, 0.1) is 0 Å². The van der Waals surface area contributed by atoms with Gasteiger partial charge in [-0.3, -0.25) is 0 Å². The Morgan fingerprint density at radius 3 is 2.29 bits per heavy atom. The van der Waals surface area contributed by atoms with Crippen LogP contribution in [0.2, 0.25) is 0 Å². The number of halogens is 1. The fourth-order valence-corrected chi connectivity index (χ4v) is 2.17. The average molecular weight is 237 g/mol. The number of hydrogen-bond acceptors (Lipinski definition) is 1. The Bertz CT molecular complexity index is 333. The lowest BCUT2D eigenvalue weighted by Crippen LogP contribution is -2.28. The van der Waals surface area contributed by atoms with Gasteiger partial charge in [0.2, 0.25) is 0 Å². The van der Waals surface area contributed by atoms with Gasteiger partial charge < -0.3 is 4.90 Å². The standard InChI is InChI=1S/C15H24FN/c1-5-15(17-9-7-6-8-10-17)11-12(2)13(3)14(4)16/h11H,4-10H2,1-3H3/b13-12-,15-11+. The van der Waals surface area contributed by atoms with Crippen LogP contribution in [0.5, 0.6) is 0 Å². The smallest absolute Gasteiger partial charge is 0.119 e. The van der Waals surface area contributed by atoms with Gasteiger partial charge in [-0.05, 0) is 56.8 Å². The average Bonchev–Trinajstić information content (AvgIpc) is 2.35. The van der Waals surface area contributed by atoms with E-state index >= 15 is 0 Å². The third kappa shape index (κ3) is 4.03. The Labute approximate surface area is 105 Å². The van der Waals surface area contributed by atoms with E-state index in [-0.39, 0.29) is 5.83 Å². The molecule has 0 aromatic carbocycles. The summed E-state index contributed by atoms with van der Waals surface area (Å²) >= 11 is 0. The van der Waals surface area contributed by atoms with E-state index < -0.39 is 0 Å². The first-order chi connectivity index (χ1) is 8.06. The van der Waals surface area contributed by atoms with Crippen LogP contribution in [0.25, 0.3) is 0 Å². The fourth-order valence-electron chi connectivity index (χ4n) is 2.17. The first kappa shape index (κ1) is 14.0. The van der Waals surface area contributed by atoms with Crippen LogP contribution in [0, 0.1) is 0 Å². The summed E-state index contributed by atoms with van der Waals surface area (Å²) in [6.45, 7) is 11.5. The third-order valence-corrected chi connectivity index (χ3v) is 3.51. The third-order valence-electron chi connectivity index (χ3n) is 3.51. The largest absolute Gasteiger partial charge is 0.375 e. The Kier molecular flexibility index (Phi) is 5.46. The van der Waals surface area contributed by atoms with Crippen molar-refractivity contribution in [3.8, 4) is 0 Å². The molecule has 1 fully saturated rings. The summed E-state index contributed by atoms with van der Waals surface area (Å²) in [6, 6.07) is 0.